The lowest BCUT2D eigenvalue weighted by Gasteiger charge is -2.31. The van der Waals surface area contributed by atoms with Crippen LogP contribution < -0.4 is 15.2 Å². The van der Waals surface area contributed by atoms with Gasteiger partial charge in [-0.25, -0.2) is 4.39 Å². The Morgan fingerprint density at radius 1 is 1.32 bits per heavy atom. The van der Waals surface area contributed by atoms with E-state index in [0.29, 0.717) is 22.5 Å². The van der Waals surface area contributed by atoms with E-state index in [-0.39, 0.29) is 11.2 Å². The molecule has 0 heterocycles. The minimum absolute atomic E-state index is 0.223. The highest BCUT2D eigenvalue weighted by atomic mass is 79.9. The van der Waals surface area contributed by atoms with Crippen LogP contribution in [0.5, 0.6) is 11.5 Å². The molecule has 5 heteroatoms. The largest absolute Gasteiger partial charge is 0.493 e. The molecular weight excluding hydrogens is 313 g/mol. The highest BCUT2D eigenvalue weighted by Gasteiger charge is 2.40. The highest BCUT2D eigenvalue weighted by molar-refractivity contribution is 9.10. The summed E-state index contributed by atoms with van der Waals surface area (Å²) in [5, 5.41) is 0. The van der Waals surface area contributed by atoms with Gasteiger partial charge in [-0.1, -0.05) is 12.8 Å². The summed E-state index contributed by atoms with van der Waals surface area (Å²) >= 11 is 3.36. The summed E-state index contributed by atoms with van der Waals surface area (Å²) in [5.41, 5.74) is 6.58. The van der Waals surface area contributed by atoms with Crippen molar-refractivity contribution >= 4 is 15.9 Å². The van der Waals surface area contributed by atoms with Gasteiger partial charge in [0.05, 0.1) is 18.7 Å². The molecule has 1 aliphatic rings. The van der Waals surface area contributed by atoms with Crippen molar-refractivity contribution < 1.29 is 13.9 Å². The maximum absolute atomic E-state index is 14.1. The molecule has 1 aliphatic carbocycles. The number of hydrogen-bond donors (Lipinski definition) is 1. The number of hydrogen-bond acceptors (Lipinski definition) is 3. The van der Waals surface area contributed by atoms with Crippen molar-refractivity contribution in [2.75, 3.05) is 20.8 Å². The molecule has 0 bridgehead atoms. The highest BCUT2D eigenvalue weighted by Crippen LogP contribution is 2.50. The average molecular weight is 332 g/mol. The minimum Gasteiger partial charge on any atom is -0.493 e. The van der Waals surface area contributed by atoms with Gasteiger partial charge in [0.25, 0.3) is 0 Å². The quantitative estimate of drug-likeness (QED) is 0.919. The van der Waals surface area contributed by atoms with Gasteiger partial charge in [0.15, 0.2) is 11.5 Å². The van der Waals surface area contributed by atoms with Crippen LogP contribution >= 0.6 is 15.9 Å². The van der Waals surface area contributed by atoms with Crippen LogP contribution in [-0.2, 0) is 5.41 Å². The first-order chi connectivity index (χ1) is 9.09. The molecule has 1 saturated carbocycles. The van der Waals surface area contributed by atoms with Gasteiger partial charge >= 0.3 is 0 Å². The molecule has 0 atom stereocenters. The van der Waals surface area contributed by atoms with Crippen molar-refractivity contribution in [3.8, 4) is 11.5 Å². The lowest BCUT2D eigenvalue weighted by Crippen LogP contribution is -2.33. The summed E-state index contributed by atoms with van der Waals surface area (Å²) in [5.74, 6) is 0.661. The third kappa shape index (κ3) is 2.34. The van der Waals surface area contributed by atoms with Crippen LogP contribution in [0.25, 0.3) is 0 Å². The van der Waals surface area contributed by atoms with E-state index in [4.69, 9.17) is 15.2 Å². The van der Waals surface area contributed by atoms with Crippen molar-refractivity contribution in [2.45, 2.75) is 31.1 Å². The summed E-state index contributed by atoms with van der Waals surface area (Å²) < 4.78 is 25.2. The van der Waals surface area contributed by atoms with E-state index in [0.717, 1.165) is 31.2 Å². The molecular formula is C14H19BrFNO2. The van der Waals surface area contributed by atoms with Crippen LogP contribution in [0.2, 0.25) is 0 Å². The first kappa shape index (κ1) is 14.6. The Bertz CT molecular complexity index is 473. The summed E-state index contributed by atoms with van der Waals surface area (Å²) in [6.45, 7) is 0.481. The second-order valence-electron chi connectivity index (χ2n) is 4.97. The number of nitrogens with two attached hydrogens (primary N) is 1. The second kappa shape index (κ2) is 5.67. The maximum atomic E-state index is 14.1. The number of ether oxygens (including phenoxy) is 2. The van der Waals surface area contributed by atoms with Crippen molar-refractivity contribution in [1.29, 1.82) is 0 Å². The maximum Gasteiger partial charge on any atom is 0.165 e. The van der Waals surface area contributed by atoms with Gasteiger partial charge in [0, 0.05) is 23.6 Å². The van der Waals surface area contributed by atoms with Crippen molar-refractivity contribution in [3.05, 3.63) is 21.9 Å². The SMILES string of the molecule is COc1cc(F)c(Br)c(C2(CN)CCCC2)c1OC. The van der Waals surface area contributed by atoms with E-state index in [1.165, 1.54) is 13.2 Å². The third-order valence-electron chi connectivity index (χ3n) is 4.04. The molecule has 0 unspecified atom stereocenters. The second-order valence-corrected chi connectivity index (χ2v) is 5.77. The van der Waals surface area contributed by atoms with Gasteiger partial charge in [0.2, 0.25) is 0 Å². The lowest BCUT2D eigenvalue weighted by molar-refractivity contribution is 0.332. The van der Waals surface area contributed by atoms with Crippen LogP contribution in [0.3, 0.4) is 0 Å². The zero-order chi connectivity index (χ0) is 14.0. The van der Waals surface area contributed by atoms with E-state index < -0.39 is 0 Å². The Kier molecular flexibility index (Phi) is 4.36. The molecule has 2 rings (SSSR count). The van der Waals surface area contributed by atoms with Crippen molar-refractivity contribution in [1.82, 2.24) is 0 Å². The summed E-state index contributed by atoms with van der Waals surface area (Å²) in [4.78, 5) is 0. The molecule has 0 aromatic heterocycles. The van der Waals surface area contributed by atoms with Gasteiger partial charge in [-0.05, 0) is 28.8 Å². The molecule has 0 saturated heterocycles. The van der Waals surface area contributed by atoms with Crippen LogP contribution in [-0.4, -0.2) is 20.8 Å². The Hall–Kier alpha value is -0.810. The van der Waals surface area contributed by atoms with Crippen LogP contribution in [0, 0.1) is 5.82 Å². The molecule has 2 N–H and O–H groups in total. The number of methoxy groups -OCH3 is 2. The summed E-state index contributed by atoms with van der Waals surface area (Å²) in [6.07, 6.45) is 4.10. The average Bonchev–Trinajstić information content (AvgIpc) is 2.90. The molecule has 0 spiro atoms. The van der Waals surface area contributed by atoms with Crippen LogP contribution in [0.4, 0.5) is 4.39 Å². The molecule has 3 nitrogen and oxygen atoms in total. The Labute approximate surface area is 121 Å². The predicted octanol–water partition coefficient (Wildman–Crippen LogP) is 3.38. The molecule has 19 heavy (non-hydrogen) atoms. The predicted molar refractivity (Wildman–Crippen MR) is 76.4 cm³/mol. The summed E-state index contributed by atoms with van der Waals surface area (Å²) in [6, 6.07) is 1.34. The standard InChI is InChI=1S/C14H19BrFNO2/c1-18-10-7-9(16)12(15)11(13(10)19-2)14(8-17)5-3-4-6-14/h7H,3-6,8,17H2,1-2H3. The van der Waals surface area contributed by atoms with Crippen LogP contribution in [0.1, 0.15) is 31.2 Å². The van der Waals surface area contributed by atoms with Crippen molar-refractivity contribution in [3.63, 3.8) is 0 Å². The first-order valence-corrected chi connectivity index (χ1v) is 7.19. The molecule has 1 aromatic rings. The molecule has 0 amide bonds. The van der Waals surface area contributed by atoms with E-state index in [1.54, 1.807) is 7.11 Å². The fourth-order valence-electron chi connectivity index (χ4n) is 3.02. The van der Waals surface area contributed by atoms with E-state index in [2.05, 4.69) is 15.9 Å². The van der Waals surface area contributed by atoms with Gasteiger partial charge in [-0.2, -0.15) is 0 Å². The monoisotopic (exact) mass is 331 g/mol. The van der Waals surface area contributed by atoms with Gasteiger partial charge in [0.1, 0.15) is 5.82 Å². The molecule has 0 radical (unpaired) electrons. The first-order valence-electron chi connectivity index (χ1n) is 6.40. The van der Waals surface area contributed by atoms with E-state index in [1.807, 2.05) is 0 Å². The number of benzene rings is 1. The zero-order valence-corrected chi connectivity index (χ0v) is 12.8. The van der Waals surface area contributed by atoms with E-state index in [9.17, 15) is 4.39 Å². The van der Waals surface area contributed by atoms with Crippen molar-refractivity contribution in [2.24, 2.45) is 5.73 Å². The Morgan fingerprint density at radius 2 is 1.95 bits per heavy atom. The minimum atomic E-state index is -0.340. The lowest BCUT2D eigenvalue weighted by atomic mass is 9.78. The normalized spacial score (nSPS) is 17.5. The smallest absolute Gasteiger partial charge is 0.165 e. The van der Waals surface area contributed by atoms with Gasteiger partial charge in [-0.15, -0.1) is 0 Å². The third-order valence-corrected chi connectivity index (χ3v) is 4.82. The Balaban J connectivity index is 2.69. The molecule has 1 aromatic carbocycles. The molecule has 106 valence electrons. The van der Waals surface area contributed by atoms with Gasteiger partial charge < -0.3 is 15.2 Å². The Morgan fingerprint density at radius 3 is 2.42 bits per heavy atom. The number of rotatable bonds is 4. The topological polar surface area (TPSA) is 44.5 Å². The number of halogens is 2. The molecule has 1 fully saturated rings. The van der Waals surface area contributed by atoms with E-state index >= 15 is 0 Å². The fourth-order valence-corrected chi connectivity index (χ4v) is 3.74. The fraction of sp³-hybridized carbons (Fsp3) is 0.571. The summed E-state index contributed by atoms with van der Waals surface area (Å²) in [7, 11) is 3.09. The van der Waals surface area contributed by atoms with Gasteiger partial charge in [-0.3, -0.25) is 0 Å². The molecule has 0 aliphatic heterocycles. The zero-order valence-electron chi connectivity index (χ0n) is 11.3. The van der Waals surface area contributed by atoms with Crippen LogP contribution in [0.15, 0.2) is 10.5 Å².